The molecule has 0 fully saturated rings. The Morgan fingerprint density at radius 3 is 2.55 bits per heavy atom. The Morgan fingerprint density at radius 1 is 1.24 bits per heavy atom. The molecule has 2 aromatic heterocycles. The van der Waals surface area contributed by atoms with Crippen LogP contribution in [0.2, 0.25) is 0 Å². The molecule has 3 aromatic rings. The Bertz CT molecular complexity index is 1190. The molecule has 3 rings (SSSR count). The van der Waals surface area contributed by atoms with E-state index in [-0.39, 0.29) is 18.4 Å². The van der Waals surface area contributed by atoms with Crippen molar-refractivity contribution in [1.82, 2.24) is 9.55 Å². The Labute approximate surface area is 171 Å². The number of Topliss-reactive ketones (excluding diaryl/α,β-unsaturated/α-hetero) is 1. The fraction of sp³-hybridized carbons (Fsp3) is 0.333. The number of ether oxygens (including phenoxy) is 1. The van der Waals surface area contributed by atoms with Gasteiger partial charge < -0.3 is 4.74 Å². The van der Waals surface area contributed by atoms with Crippen LogP contribution in [0.5, 0.6) is 0 Å². The van der Waals surface area contributed by atoms with Gasteiger partial charge >= 0.3 is 5.97 Å². The number of carbonyl (C=O) groups excluding carboxylic acids is 2. The maximum absolute atomic E-state index is 13.5. The van der Waals surface area contributed by atoms with Crippen LogP contribution in [-0.2, 0) is 11.3 Å². The largest absolute Gasteiger partial charge is 0.459 e. The van der Waals surface area contributed by atoms with Crippen molar-refractivity contribution in [3.8, 4) is 0 Å². The van der Waals surface area contributed by atoms with Crippen LogP contribution in [0, 0.1) is 26.6 Å². The third-order valence-corrected chi connectivity index (χ3v) is 5.72. The van der Waals surface area contributed by atoms with E-state index in [2.05, 4.69) is 4.98 Å². The number of ketones is 1. The molecule has 0 amide bonds. The van der Waals surface area contributed by atoms with Crippen molar-refractivity contribution in [2.24, 2.45) is 0 Å². The molecule has 6 nitrogen and oxygen atoms in total. The highest BCUT2D eigenvalue weighted by Gasteiger charge is 2.23. The Kier molecular flexibility index (Phi) is 5.66. The highest BCUT2D eigenvalue weighted by atomic mass is 32.1. The lowest BCUT2D eigenvalue weighted by Crippen LogP contribution is -2.27. The van der Waals surface area contributed by atoms with E-state index in [9.17, 15) is 18.8 Å². The average molecular weight is 416 g/mol. The van der Waals surface area contributed by atoms with E-state index < -0.39 is 17.3 Å². The van der Waals surface area contributed by atoms with E-state index in [1.165, 1.54) is 22.8 Å². The molecule has 0 aliphatic heterocycles. The molecule has 1 aromatic carbocycles. The molecular weight excluding hydrogens is 395 g/mol. The number of hydrogen-bond donors (Lipinski definition) is 0. The Balaban J connectivity index is 2.04. The summed E-state index contributed by atoms with van der Waals surface area (Å²) in [5, 5.41) is 0.305. The minimum Gasteiger partial charge on any atom is -0.459 e. The molecule has 29 heavy (non-hydrogen) atoms. The quantitative estimate of drug-likeness (QED) is 0.465. The van der Waals surface area contributed by atoms with Gasteiger partial charge in [0.1, 0.15) is 21.3 Å². The van der Waals surface area contributed by atoms with Crippen LogP contribution in [-0.4, -0.2) is 27.4 Å². The first-order chi connectivity index (χ1) is 13.6. The van der Waals surface area contributed by atoms with Crippen LogP contribution in [0.4, 0.5) is 4.39 Å². The number of esters is 1. The summed E-state index contributed by atoms with van der Waals surface area (Å²) in [6, 6.07) is 4.09. The summed E-state index contributed by atoms with van der Waals surface area (Å²) < 4.78 is 20.0. The molecule has 0 aliphatic rings. The van der Waals surface area contributed by atoms with Crippen molar-refractivity contribution in [1.29, 1.82) is 0 Å². The zero-order chi connectivity index (χ0) is 21.5. The van der Waals surface area contributed by atoms with Crippen molar-refractivity contribution in [3.05, 3.63) is 61.8 Å². The SMILES string of the molecule is Cc1cc(C(=O)Cn2c(C)nc3sc(C(=O)OC(C)C)c(C)c3c2=O)ccc1F. The predicted molar refractivity (Wildman–Crippen MR) is 109 cm³/mol. The lowest BCUT2D eigenvalue weighted by molar-refractivity contribution is 0.0383. The second-order valence-corrected chi connectivity index (χ2v) is 8.13. The number of rotatable bonds is 5. The molecule has 0 saturated heterocycles. The first-order valence-electron chi connectivity index (χ1n) is 9.11. The molecule has 0 spiro atoms. The highest BCUT2D eigenvalue weighted by Crippen LogP contribution is 2.28. The summed E-state index contributed by atoms with van der Waals surface area (Å²) >= 11 is 1.10. The summed E-state index contributed by atoms with van der Waals surface area (Å²) in [6.07, 6.45) is -0.282. The molecule has 2 heterocycles. The number of benzene rings is 1. The maximum Gasteiger partial charge on any atom is 0.348 e. The van der Waals surface area contributed by atoms with E-state index in [1.54, 1.807) is 34.6 Å². The minimum absolute atomic E-state index is 0.222. The second kappa shape index (κ2) is 7.87. The zero-order valence-electron chi connectivity index (χ0n) is 16.8. The van der Waals surface area contributed by atoms with Gasteiger partial charge in [0, 0.05) is 5.56 Å². The summed E-state index contributed by atoms with van der Waals surface area (Å²) in [4.78, 5) is 43.2. The third kappa shape index (κ3) is 3.98. The van der Waals surface area contributed by atoms with Crippen LogP contribution in [0.15, 0.2) is 23.0 Å². The number of fused-ring (bicyclic) bond motifs is 1. The van der Waals surface area contributed by atoms with Gasteiger partial charge in [-0.25, -0.2) is 14.2 Å². The minimum atomic E-state index is -0.498. The van der Waals surface area contributed by atoms with Gasteiger partial charge in [-0.15, -0.1) is 11.3 Å². The number of nitrogens with zero attached hydrogens (tertiary/aromatic N) is 2. The second-order valence-electron chi connectivity index (χ2n) is 7.13. The molecule has 152 valence electrons. The molecule has 0 atom stereocenters. The number of halogens is 1. The number of carbonyl (C=O) groups is 2. The van der Waals surface area contributed by atoms with Crippen molar-refractivity contribution in [3.63, 3.8) is 0 Å². The van der Waals surface area contributed by atoms with Gasteiger partial charge in [-0.05, 0) is 63.9 Å². The number of aryl methyl sites for hydroxylation is 3. The highest BCUT2D eigenvalue weighted by molar-refractivity contribution is 7.20. The Hall–Kier alpha value is -2.87. The van der Waals surface area contributed by atoms with Crippen molar-refractivity contribution >= 4 is 33.3 Å². The van der Waals surface area contributed by atoms with Gasteiger partial charge in [-0.1, -0.05) is 0 Å². The van der Waals surface area contributed by atoms with Crippen molar-refractivity contribution in [2.45, 2.75) is 47.3 Å². The predicted octanol–water partition coefficient (Wildman–Crippen LogP) is 3.97. The first-order valence-corrected chi connectivity index (χ1v) is 9.92. The molecule has 0 radical (unpaired) electrons. The van der Waals surface area contributed by atoms with E-state index in [0.717, 1.165) is 11.3 Å². The molecular formula is C21H21FN2O4S. The molecule has 0 N–H and O–H groups in total. The fourth-order valence-corrected chi connectivity index (χ4v) is 4.12. The lowest BCUT2D eigenvalue weighted by atomic mass is 10.1. The number of aromatic nitrogens is 2. The lowest BCUT2D eigenvalue weighted by Gasteiger charge is -2.10. The van der Waals surface area contributed by atoms with Crippen molar-refractivity contribution < 1.29 is 18.7 Å². The first kappa shape index (κ1) is 20.9. The van der Waals surface area contributed by atoms with Gasteiger partial charge in [0.05, 0.1) is 18.0 Å². The van der Waals surface area contributed by atoms with Crippen LogP contribution >= 0.6 is 11.3 Å². The van der Waals surface area contributed by atoms with Gasteiger partial charge in [0.15, 0.2) is 5.78 Å². The molecule has 0 unspecified atom stereocenters. The maximum atomic E-state index is 13.5. The van der Waals surface area contributed by atoms with Gasteiger partial charge in [-0.2, -0.15) is 0 Å². The summed E-state index contributed by atoms with van der Waals surface area (Å²) in [5.74, 6) is -0.860. The van der Waals surface area contributed by atoms with E-state index in [0.29, 0.717) is 37.6 Å². The number of thiophene rings is 1. The van der Waals surface area contributed by atoms with Crippen LogP contribution in [0.1, 0.15) is 50.8 Å². The topological polar surface area (TPSA) is 78.3 Å². The monoisotopic (exact) mass is 416 g/mol. The van der Waals surface area contributed by atoms with Gasteiger partial charge in [0.25, 0.3) is 5.56 Å². The molecule has 8 heteroatoms. The zero-order valence-corrected chi connectivity index (χ0v) is 17.6. The van der Waals surface area contributed by atoms with Crippen LogP contribution in [0.25, 0.3) is 10.2 Å². The van der Waals surface area contributed by atoms with Crippen LogP contribution < -0.4 is 5.56 Å². The Morgan fingerprint density at radius 2 is 1.93 bits per heavy atom. The summed E-state index contributed by atoms with van der Waals surface area (Å²) in [5.41, 5.74) is 0.776. The number of hydrogen-bond acceptors (Lipinski definition) is 6. The smallest absolute Gasteiger partial charge is 0.348 e. The van der Waals surface area contributed by atoms with E-state index in [4.69, 9.17) is 4.74 Å². The standard InChI is InChI=1S/C21H21FN2O4S/c1-10(2)28-21(27)18-12(4)17-19(29-18)23-13(5)24(20(17)26)9-16(25)14-6-7-15(22)11(3)8-14/h6-8,10H,9H2,1-5H3. The summed E-state index contributed by atoms with van der Waals surface area (Å²) in [7, 11) is 0. The molecule has 0 bridgehead atoms. The average Bonchev–Trinajstić information content (AvgIpc) is 2.96. The third-order valence-electron chi connectivity index (χ3n) is 4.55. The van der Waals surface area contributed by atoms with Gasteiger partial charge in [0.2, 0.25) is 0 Å². The summed E-state index contributed by atoms with van der Waals surface area (Å²) in [6.45, 7) is 8.15. The van der Waals surface area contributed by atoms with Crippen LogP contribution in [0.3, 0.4) is 0 Å². The van der Waals surface area contributed by atoms with Gasteiger partial charge in [-0.3, -0.25) is 14.2 Å². The van der Waals surface area contributed by atoms with E-state index in [1.807, 2.05) is 0 Å². The molecule has 0 aliphatic carbocycles. The van der Waals surface area contributed by atoms with Crippen molar-refractivity contribution in [2.75, 3.05) is 0 Å². The van der Waals surface area contributed by atoms with E-state index >= 15 is 0 Å². The normalized spacial score (nSPS) is 11.3. The molecule has 0 saturated carbocycles. The fourth-order valence-electron chi connectivity index (χ4n) is 3.02.